The molecule has 34 valence electrons. The van der Waals surface area contributed by atoms with Crippen molar-refractivity contribution in [3.63, 3.8) is 0 Å². The first-order valence-corrected chi connectivity index (χ1v) is 4.09. The zero-order valence-electron chi connectivity index (χ0n) is 3.78. The number of hydrogen-bond acceptors (Lipinski definition) is 0. The fourth-order valence-electron chi connectivity index (χ4n) is 1.26. The minimum atomic E-state index is 1.23. The van der Waals surface area contributed by atoms with Crippen LogP contribution in [0, 0.1) is 11.8 Å². The highest BCUT2D eigenvalue weighted by Crippen LogP contribution is 2.51. The fourth-order valence-corrected chi connectivity index (χ4v) is 3.17. The van der Waals surface area contributed by atoms with Gasteiger partial charge >= 0.3 is 0 Å². The van der Waals surface area contributed by atoms with Gasteiger partial charge in [-0.15, -0.1) is 8.58 Å². The number of hydrogen-bond donors (Lipinski definition) is 0. The summed E-state index contributed by atoms with van der Waals surface area (Å²) in [6.07, 6.45) is 4.77. The van der Waals surface area contributed by atoms with E-state index in [4.69, 9.17) is 0 Å². The molecule has 2 fully saturated rings. The van der Waals surface area contributed by atoms with Crippen LogP contribution in [0.5, 0.6) is 0 Å². The van der Waals surface area contributed by atoms with Crippen molar-refractivity contribution in [1.82, 2.24) is 0 Å². The van der Waals surface area contributed by atoms with Crippen molar-refractivity contribution in [3.8, 4) is 0 Å². The predicted molar refractivity (Wildman–Crippen MR) is 29.6 cm³/mol. The van der Waals surface area contributed by atoms with Gasteiger partial charge in [-0.3, -0.25) is 0 Å². The zero-order chi connectivity index (χ0) is 3.98. The molecule has 0 spiro atoms. The topological polar surface area (TPSA) is 0 Å². The maximum absolute atomic E-state index is 1.59. The maximum atomic E-state index is 1.59. The summed E-state index contributed by atoms with van der Waals surface area (Å²) >= 11 is 0. The van der Waals surface area contributed by atoms with Crippen LogP contribution in [0.25, 0.3) is 0 Å². The summed E-state index contributed by atoms with van der Waals surface area (Å²) in [5.74, 6) is 2.45. The zero-order valence-corrected chi connectivity index (χ0v) is 4.78. The summed E-state index contributed by atoms with van der Waals surface area (Å²) in [6, 6.07) is 0. The lowest BCUT2D eigenvalue weighted by molar-refractivity contribution is 0.895. The first-order chi connectivity index (χ1) is 2.97. The summed E-state index contributed by atoms with van der Waals surface area (Å²) in [6.45, 7) is 0. The van der Waals surface area contributed by atoms with E-state index < -0.39 is 0 Å². The van der Waals surface area contributed by atoms with Gasteiger partial charge in [0.1, 0.15) is 0 Å². The van der Waals surface area contributed by atoms with Gasteiger partial charge in [-0.2, -0.15) is 0 Å². The minimum Gasteiger partial charge on any atom is -0.122 e. The monoisotopic (exact) mass is 100 g/mol. The maximum Gasteiger partial charge on any atom is -0.0322 e. The van der Waals surface area contributed by atoms with Crippen LogP contribution in [0.1, 0.15) is 6.42 Å². The summed E-state index contributed by atoms with van der Waals surface area (Å²) < 4.78 is 0. The van der Waals surface area contributed by atoms with Gasteiger partial charge in [-0.25, -0.2) is 0 Å². The Kier molecular flexibility index (Phi) is 0.561. The normalized spacial score (nSPS) is 56.0. The van der Waals surface area contributed by atoms with Crippen molar-refractivity contribution in [2.24, 2.45) is 11.8 Å². The third-order valence-corrected chi connectivity index (χ3v) is 3.51. The Labute approximate surface area is 40.1 Å². The van der Waals surface area contributed by atoms with E-state index in [1.54, 1.807) is 18.7 Å². The quantitative estimate of drug-likeness (QED) is 0.403. The van der Waals surface area contributed by atoms with E-state index in [0.717, 1.165) is 0 Å². The second-order valence-corrected chi connectivity index (χ2v) is 3.73. The Hall–Kier alpha value is 0.430. The Morgan fingerprint density at radius 1 is 1.17 bits per heavy atom. The molecule has 1 saturated carbocycles. The van der Waals surface area contributed by atoms with Crippen molar-refractivity contribution < 1.29 is 0 Å². The molecule has 0 bridgehead atoms. The SMILES string of the molecule is C1PCC2CC12. The van der Waals surface area contributed by atoms with Gasteiger partial charge in [0, 0.05) is 0 Å². The second-order valence-electron chi connectivity index (χ2n) is 2.41. The van der Waals surface area contributed by atoms with Gasteiger partial charge in [0.2, 0.25) is 0 Å². The average Bonchev–Trinajstić information content (AvgIpc) is 2.17. The van der Waals surface area contributed by atoms with Crippen molar-refractivity contribution in [2.45, 2.75) is 6.42 Å². The first-order valence-electron chi connectivity index (χ1n) is 2.67. The minimum absolute atomic E-state index is 1.23. The molecule has 0 radical (unpaired) electrons. The lowest BCUT2D eigenvalue weighted by atomic mass is 10.4. The molecule has 0 N–H and O–H groups in total. The van der Waals surface area contributed by atoms with Gasteiger partial charge in [-0.05, 0) is 30.6 Å². The molecule has 0 amide bonds. The third kappa shape index (κ3) is 0.337. The Morgan fingerprint density at radius 2 is 1.83 bits per heavy atom. The van der Waals surface area contributed by atoms with Gasteiger partial charge in [-0.1, -0.05) is 0 Å². The predicted octanol–water partition coefficient (Wildman–Crippen LogP) is 1.31. The average molecular weight is 100 g/mol. The molecule has 2 atom stereocenters. The van der Waals surface area contributed by atoms with Gasteiger partial charge in [0.05, 0.1) is 0 Å². The van der Waals surface area contributed by atoms with E-state index in [9.17, 15) is 0 Å². The van der Waals surface area contributed by atoms with Crippen LogP contribution >= 0.6 is 8.58 Å². The van der Waals surface area contributed by atoms with Crippen LogP contribution in [0.3, 0.4) is 0 Å². The molecule has 0 aromatic heterocycles. The summed E-state index contributed by atoms with van der Waals surface area (Å²) in [7, 11) is 1.34. The lowest BCUT2D eigenvalue weighted by Crippen LogP contribution is -1.68. The van der Waals surface area contributed by atoms with E-state index >= 15 is 0 Å². The molecule has 1 heterocycles. The van der Waals surface area contributed by atoms with Crippen LogP contribution in [-0.4, -0.2) is 12.3 Å². The molecule has 2 rings (SSSR count). The lowest BCUT2D eigenvalue weighted by Gasteiger charge is -1.82. The van der Waals surface area contributed by atoms with Crippen molar-refractivity contribution in [3.05, 3.63) is 0 Å². The fraction of sp³-hybridized carbons (Fsp3) is 1.00. The molecule has 0 nitrogen and oxygen atoms in total. The van der Waals surface area contributed by atoms with Crippen molar-refractivity contribution >= 4 is 8.58 Å². The summed E-state index contributed by atoms with van der Waals surface area (Å²) in [4.78, 5) is 0. The summed E-state index contributed by atoms with van der Waals surface area (Å²) in [5, 5.41) is 0. The molecule has 2 aliphatic rings. The van der Waals surface area contributed by atoms with E-state index in [2.05, 4.69) is 0 Å². The van der Waals surface area contributed by atoms with Crippen LogP contribution in [0.2, 0.25) is 0 Å². The highest BCUT2D eigenvalue weighted by molar-refractivity contribution is 7.38. The molecule has 1 heteroatoms. The van der Waals surface area contributed by atoms with E-state index in [0.29, 0.717) is 0 Å². The molecule has 1 saturated heterocycles. The molecule has 1 aliphatic carbocycles. The van der Waals surface area contributed by atoms with E-state index in [1.807, 2.05) is 0 Å². The Morgan fingerprint density at radius 3 is 2.00 bits per heavy atom. The molecule has 6 heavy (non-hydrogen) atoms. The molecule has 1 aliphatic heterocycles. The first kappa shape index (κ1) is 3.43. The highest BCUT2D eigenvalue weighted by atomic mass is 31.1. The third-order valence-electron chi connectivity index (χ3n) is 1.88. The van der Waals surface area contributed by atoms with Crippen LogP contribution < -0.4 is 0 Å². The summed E-state index contributed by atoms with van der Waals surface area (Å²) in [5.41, 5.74) is 0. The molecule has 2 unspecified atom stereocenters. The second kappa shape index (κ2) is 0.980. The molecule has 0 aromatic carbocycles. The van der Waals surface area contributed by atoms with Gasteiger partial charge in [0.25, 0.3) is 0 Å². The Bertz CT molecular complexity index is 62.3. The van der Waals surface area contributed by atoms with Crippen molar-refractivity contribution in [1.29, 1.82) is 0 Å². The highest BCUT2D eigenvalue weighted by Gasteiger charge is 2.40. The smallest absolute Gasteiger partial charge is 0.0322 e. The largest absolute Gasteiger partial charge is 0.122 e. The molecule has 0 aromatic rings. The number of rotatable bonds is 0. The molecular formula is C5H9P. The molecular weight excluding hydrogens is 91.0 g/mol. The standard InChI is InChI=1S/C5H9P/c1-4-2-6-3-5(1)4/h4-6H,1-3H2. The van der Waals surface area contributed by atoms with Crippen LogP contribution in [-0.2, 0) is 0 Å². The van der Waals surface area contributed by atoms with Crippen LogP contribution in [0.15, 0.2) is 0 Å². The number of fused-ring (bicyclic) bond motifs is 1. The van der Waals surface area contributed by atoms with Gasteiger partial charge in [0.15, 0.2) is 0 Å². The van der Waals surface area contributed by atoms with E-state index in [1.165, 1.54) is 20.4 Å². The van der Waals surface area contributed by atoms with Crippen molar-refractivity contribution in [2.75, 3.05) is 12.3 Å². The van der Waals surface area contributed by atoms with E-state index in [-0.39, 0.29) is 0 Å². The Balaban J connectivity index is 2.09. The van der Waals surface area contributed by atoms with Gasteiger partial charge < -0.3 is 0 Å². The van der Waals surface area contributed by atoms with Crippen LogP contribution in [0.4, 0.5) is 0 Å².